The lowest BCUT2D eigenvalue weighted by Gasteiger charge is -2.28. The topological polar surface area (TPSA) is 39.1 Å². The van der Waals surface area contributed by atoms with E-state index in [1.165, 1.54) is 58.3 Å². The Balaban J connectivity index is 2.15. The Kier molecular flexibility index (Phi) is 9.67. The molecule has 1 aliphatic rings. The Bertz CT molecular complexity index is 250. The van der Waals surface area contributed by atoms with E-state index in [0.717, 1.165) is 31.6 Å². The van der Waals surface area contributed by atoms with Crippen LogP contribution in [0.3, 0.4) is 0 Å². The molecular formula is C16H33N3O. The number of rotatable bonds is 10. The van der Waals surface area contributed by atoms with Crippen molar-refractivity contribution in [3.05, 3.63) is 0 Å². The maximum Gasteiger partial charge on any atom is 0.0596 e. The summed E-state index contributed by atoms with van der Waals surface area (Å²) in [7, 11) is 0. The van der Waals surface area contributed by atoms with Gasteiger partial charge in [-0.25, -0.2) is 0 Å². The molecule has 0 aliphatic carbocycles. The molecule has 0 saturated carbocycles. The first-order chi connectivity index (χ1) is 9.80. The van der Waals surface area contributed by atoms with Crippen LogP contribution < -0.4 is 0 Å². The van der Waals surface area contributed by atoms with Crippen LogP contribution in [-0.4, -0.2) is 60.0 Å². The molecule has 1 N–H and O–H groups in total. The summed E-state index contributed by atoms with van der Waals surface area (Å²) in [4.78, 5) is 5.14. The largest absolute Gasteiger partial charge is 0.411 e. The predicted octanol–water partition coefficient (Wildman–Crippen LogP) is 3.20. The molecule has 20 heavy (non-hydrogen) atoms. The van der Waals surface area contributed by atoms with Gasteiger partial charge in [-0.3, -0.25) is 0 Å². The zero-order valence-electron chi connectivity index (χ0n) is 13.5. The molecule has 4 heteroatoms. The van der Waals surface area contributed by atoms with Crippen LogP contribution in [0.2, 0.25) is 0 Å². The number of likely N-dealkylation sites (tertiary alicyclic amines) is 1. The predicted molar refractivity (Wildman–Crippen MR) is 85.8 cm³/mol. The molecule has 0 radical (unpaired) electrons. The second kappa shape index (κ2) is 11.1. The van der Waals surface area contributed by atoms with E-state index < -0.39 is 0 Å². The summed E-state index contributed by atoms with van der Waals surface area (Å²) < 4.78 is 0. The molecule has 1 rings (SSSR count). The maximum atomic E-state index is 8.75. The third kappa shape index (κ3) is 7.25. The van der Waals surface area contributed by atoms with Gasteiger partial charge < -0.3 is 15.0 Å². The van der Waals surface area contributed by atoms with E-state index in [1.807, 2.05) is 0 Å². The molecule has 118 valence electrons. The summed E-state index contributed by atoms with van der Waals surface area (Å²) >= 11 is 0. The Hall–Kier alpha value is -0.610. The number of unbranched alkanes of at least 4 members (excludes halogenated alkanes) is 2. The van der Waals surface area contributed by atoms with Crippen molar-refractivity contribution >= 4 is 5.71 Å². The van der Waals surface area contributed by atoms with Gasteiger partial charge >= 0.3 is 0 Å². The quantitative estimate of drug-likeness (QED) is 0.494. The lowest BCUT2D eigenvalue weighted by molar-refractivity contribution is 0.220. The van der Waals surface area contributed by atoms with Gasteiger partial charge in [-0.05, 0) is 45.4 Å². The lowest BCUT2D eigenvalue weighted by Crippen LogP contribution is -2.36. The summed E-state index contributed by atoms with van der Waals surface area (Å²) in [5.74, 6) is 0. The second-order valence-electron chi connectivity index (χ2n) is 5.91. The first-order valence-corrected chi connectivity index (χ1v) is 8.44. The van der Waals surface area contributed by atoms with Gasteiger partial charge in [0.15, 0.2) is 0 Å². The number of oxime groups is 1. The maximum absolute atomic E-state index is 8.75. The van der Waals surface area contributed by atoms with Crippen LogP contribution in [0.5, 0.6) is 0 Å². The molecular weight excluding hydrogens is 250 g/mol. The van der Waals surface area contributed by atoms with Crippen LogP contribution in [-0.2, 0) is 0 Å². The highest BCUT2D eigenvalue weighted by Gasteiger charge is 2.15. The van der Waals surface area contributed by atoms with Crippen molar-refractivity contribution in [3.8, 4) is 0 Å². The van der Waals surface area contributed by atoms with Crippen molar-refractivity contribution in [1.29, 1.82) is 0 Å². The fraction of sp³-hybridized carbons (Fsp3) is 0.938. The summed E-state index contributed by atoms with van der Waals surface area (Å²) in [5.41, 5.74) is 0.966. The van der Waals surface area contributed by atoms with Crippen molar-refractivity contribution < 1.29 is 5.21 Å². The molecule has 0 amide bonds. The van der Waals surface area contributed by atoms with Gasteiger partial charge in [-0.1, -0.05) is 31.8 Å². The van der Waals surface area contributed by atoms with E-state index >= 15 is 0 Å². The molecule has 1 heterocycles. The van der Waals surface area contributed by atoms with Gasteiger partial charge in [0, 0.05) is 25.9 Å². The minimum absolute atomic E-state index is 0.936. The minimum atomic E-state index is 0.936. The number of piperidine rings is 1. The highest BCUT2D eigenvalue weighted by atomic mass is 16.4. The number of nitrogens with zero attached hydrogens (tertiary/aromatic N) is 3. The standard InChI is InChI=1S/C16H33N3O/c1-3-5-10-18(11-6-4-2)12-7-13-19-14-8-16(17-20)9-15-19/h20H,3-15H2,1-2H3. The van der Waals surface area contributed by atoms with Crippen molar-refractivity contribution in [2.45, 2.75) is 58.8 Å². The molecule has 0 atom stereocenters. The molecule has 1 saturated heterocycles. The molecule has 0 aromatic carbocycles. The zero-order chi connectivity index (χ0) is 14.6. The van der Waals surface area contributed by atoms with Gasteiger partial charge in [0.05, 0.1) is 5.71 Å². The van der Waals surface area contributed by atoms with Gasteiger partial charge in [-0.15, -0.1) is 0 Å². The average molecular weight is 283 g/mol. The van der Waals surface area contributed by atoms with Crippen molar-refractivity contribution in [3.63, 3.8) is 0 Å². The third-order valence-corrected chi connectivity index (χ3v) is 4.18. The monoisotopic (exact) mass is 283 g/mol. The van der Waals surface area contributed by atoms with Crippen LogP contribution in [0.4, 0.5) is 0 Å². The van der Waals surface area contributed by atoms with E-state index in [9.17, 15) is 0 Å². The Morgan fingerprint density at radius 1 is 1.00 bits per heavy atom. The number of hydrogen-bond acceptors (Lipinski definition) is 4. The Labute approximate surface area is 124 Å². The van der Waals surface area contributed by atoms with Crippen molar-refractivity contribution in [1.82, 2.24) is 9.80 Å². The summed E-state index contributed by atoms with van der Waals surface area (Å²) in [6.07, 6.45) is 8.36. The minimum Gasteiger partial charge on any atom is -0.411 e. The van der Waals surface area contributed by atoms with Crippen LogP contribution in [0.1, 0.15) is 58.8 Å². The highest BCUT2D eigenvalue weighted by molar-refractivity contribution is 5.84. The van der Waals surface area contributed by atoms with Gasteiger partial charge in [0.1, 0.15) is 0 Å². The Morgan fingerprint density at radius 2 is 1.55 bits per heavy atom. The molecule has 0 aromatic heterocycles. The van der Waals surface area contributed by atoms with E-state index in [2.05, 4.69) is 28.8 Å². The summed E-state index contributed by atoms with van der Waals surface area (Å²) in [5, 5.41) is 12.1. The van der Waals surface area contributed by atoms with Crippen molar-refractivity contribution in [2.24, 2.45) is 5.16 Å². The van der Waals surface area contributed by atoms with Crippen LogP contribution in [0.15, 0.2) is 5.16 Å². The fourth-order valence-corrected chi connectivity index (χ4v) is 2.75. The smallest absolute Gasteiger partial charge is 0.0596 e. The zero-order valence-corrected chi connectivity index (χ0v) is 13.5. The highest BCUT2D eigenvalue weighted by Crippen LogP contribution is 2.08. The lowest BCUT2D eigenvalue weighted by atomic mass is 10.1. The Morgan fingerprint density at radius 3 is 2.05 bits per heavy atom. The van der Waals surface area contributed by atoms with E-state index in [1.54, 1.807) is 0 Å². The first kappa shape index (κ1) is 17.4. The third-order valence-electron chi connectivity index (χ3n) is 4.18. The van der Waals surface area contributed by atoms with Crippen LogP contribution in [0, 0.1) is 0 Å². The molecule has 4 nitrogen and oxygen atoms in total. The van der Waals surface area contributed by atoms with Crippen LogP contribution >= 0.6 is 0 Å². The fourth-order valence-electron chi connectivity index (χ4n) is 2.75. The summed E-state index contributed by atoms with van der Waals surface area (Å²) in [6, 6.07) is 0. The molecule has 0 unspecified atom stereocenters. The van der Waals surface area contributed by atoms with Crippen LogP contribution in [0.25, 0.3) is 0 Å². The SMILES string of the molecule is CCCCN(CCCC)CCCN1CCC(=NO)CC1. The van der Waals surface area contributed by atoms with Gasteiger partial charge in [-0.2, -0.15) is 0 Å². The normalized spacial score (nSPS) is 16.9. The average Bonchev–Trinajstić information content (AvgIpc) is 2.50. The van der Waals surface area contributed by atoms with Gasteiger partial charge in [0.25, 0.3) is 0 Å². The second-order valence-corrected chi connectivity index (χ2v) is 5.91. The first-order valence-electron chi connectivity index (χ1n) is 8.44. The summed E-state index contributed by atoms with van der Waals surface area (Å²) in [6.45, 7) is 11.6. The van der Waals surface area contributed by atoms with Crippen molar-refractivity contribution in [2.75, 3.05) is 39.3 Å². The van der Waals surface area contributed by atoms with E-state index in [-0.39, 0.29) is 0 Å². The molecule has 0 bridgehead atoms. The van der Waals surface area contributed by atoms with Gasteiger partial charge in [0.2, 0.25) is 0 Å². The molecule has 1 fully saturated rings. The molecule has 1 aliphatic heterocycles. The number of hydrogen-bond donors (Lipinski definition) is 1. The van der Waals surface area contributed by atoms with E-state index in [0.29, 0.717) is 0 Å². The molecule has 0 spiro atoms. The molecule has 0 aromatic rings. The van der Waals surface area contributed by atoms with E-state index in [4.69, 9.17) is 5.21 Å².